The minimum absolute atomic E-state index is 0.0637. The van der Waals surface area contributed by atoms with Gasteiger partial charge in [-0.25, -0.2) is 4.79 Å². The van der Waals surface area contributed by atoms with Gasteiger partial charge in [-0.3, -0.25) is 0 Å². The van der Waals surface area contributed by atoms with E-state index in [0.717, 1.165) is 42.9 Å². The highest BCUT2D eigenvalue weighted by atomic mass is 16.6. The third-order valence-electron chi connectivity index (χ3n) is 4.23. The van der Waals surface area contributed by atoms with Crippen molar-refractivity contribution in [2.75, 3.05) is 20.3 Å². The van der Waals surface area contributed by atoms with Crippen LogP contribution in [0.2, 0.25) is 0 Å². The molecule has 5 nitrogen and oxygen atoms in total. The number of carbonyl (C=O) groups is 1. The lowest BCUT2D eigenvalue weighted by molar-refractivity contribution is -0.142. The van der Waals surface area contributed by atoms with E-state index in [1.165, 1.54) is 12.7 Å². The van der Waals surface area contributed by atoms with Crippen LogP contribution in [0.1, 0.15) is 36.5 Å². The first kappa shape index (κ1) is 17.8. The van der Waals surface area contributed by atoms with Crippen LogP contribution in [-0.2, 0) is 20.8 Å². The van der Waals surface area contributed by atoms with E-state index in [1.54, 1.807) is 0 Å². The molecule has 0 bridgehead atoms. The van der Waals surface area contributed by atoms with Gasteiger partial charge in [0, 0.05) is 19.2 Å². The Labute approximate surface area is 138 Å². The first-order valence-corrected chi connectivity index (χ1v) is 8.16. The molecule has 2 rings (SSSR count). The molecule has 0 spiro atoms. The molecule has 1 N–H and O–H groups in total. The first-order valence-electron chi connectivity index (χ1n) is 8.16. The van der Waals surface area contributed by atoms with Crippen LogP contribution in [0.4, 0.5) is 0 Å². The van der Waals surface area contributed by atoms with Gasteiger partial charge in [-0.15, -0.1) is 0 Å². The molecule has 2 unspecified atom stereocenters. The van der Waals surface area contributed by atoms with E-state index in [9.17, 15) is 4.79 Å². The molecule has 1 aromatic carbocycles. The van der Waals surface area contributed by atoms with Gasteiger partial charge in [-0.05, 0) is 50.3 Å². The molecule has 0 aromatic heterocycles. The monoisotopic (exact) mass is 321 g/mol. The second-order valence-electron chi connectivity index (χ2n) is 6.14. The summed E-state index contributed by atoms with van der Waals surface area (Å²) >= 11 is 0. The van der Waals surface area contributed by atoms with Crippen molar-refractivity contribution in [3.63, 3.8) is 0 Å². The van der Waals surface area contributed by atoms with Crippen molar-refractivity contribution in [2.45, 2.75) is 52.3 Å². The molecule has 0 amide bonds. The minimum Gasteiger partial charge on any atom is -0.481 e. The Kier molecular flexibility index (Phi) is 6.42. The van der Waals surface area contributed by atoms with Crippen LogP contribution >= 0.6 is 0 Å². The predicted molar refractivity (Wildman–Crippen MR) is 88.7 cm³/mol. The van der Waals surface area contributed by atoms with Gasteiger partial charge in [0.15, 0.2) is 6.61 Å². The number of esters is 1. The summed E-state index contributed by atoms with van der Waals surface area (Å²) in [6.45, 7) is 7.76. The van der Waals surface area contributed by atoms with Crippen molar-refractivity contribution in [3.05, 3.63) is 28.8 Å². The van der Waals surface area contributed by atoms with Crippen molar-refractivity contribution in [1.29, 1.82) is 0 Å². The maximum atomic E-state index is 11.2. The van der Waals surface area contributed by atoms with Gasteiger partial charge < -0.3 is 19.5 Å². The average molecular weight is 321 g/mol. The van der Waals surface area contributed by atoms with Gasteiger partial charge in [0.05, 0.1) is 13.2 Å². The van der Waals surface area contributed by atoms with Crippen LogP contribution in [0.15, 0.2) is 12.1 Å². The molecule has 1 saturated heterocycles. The van der Waals surface area contributed by atoms with Gasteiger partial charge in [0.2, 0.25) is 0 Å². The topological polar surface area (TPSA) is 56.8 Å². The third-order valence-corrected chi connectivity index (χ3v) is 4.23. The Morgan fingerprint density at radius 2 is 2.09 bits per heavy atom. The van der Waals surface area contributed by atoms with E-state index in [2.05, 4.69) is 29.1 Å². The molecular weight excluding hydrogens is 294 g/mol. The molecule has 0 saturated carbocycles. The van der Waals surface area contributed by atoms with Crippen molar-refractivity contribution < 1.29 is 19.0 Å². The van der Waals surface area contributed by atoms with Crippen LogP contribution in [-0.4, -0.2) is 38.4 Å². The van der Waals surface area contributed by atoms with Gasteiger partial charge in [0.1, 0.15) is 5.75 Å². The molecule has 2 atom stereocenters. The summed E-state index contributed by atoms with van der Waals surface area (Å²) in [5, 5.41) is 3.53. The number of hydrogen-bond acceptors (Lipinski definition) is 5. The second-order valence-corrected chi connectivity index (χ2v) is 6.14. The number of nitrogens with one attached hydrogen (secondary N) is 1. The largest absolute Gasteiger partial charge is 0.481 e. The molecule has 128 valence electrons. The fourth-order valence-corrected chi connectivity index (χ4v) is 2.97. The normalized spacial score (nSPS) is 18.7. The lowest BCUT2D eigenvalue weighted by Gasteiger charge is -2.21. The summed E-state index contributed by atoms with van der Waals surface area (Å²) < 4.78 is 15.9. The van der Waals surface area contributed by atoms with Crippen molar-refractivity contribution in [1.82, 2.24) is 5.32 Å². The Bertz CT molecular complexity index is 515. The van der Waals surface area contributed by atoms with Crippen LogP contribution in [0.3, 0.4) is 0 Å². The van der Waals surface area contributed by atoms with E-state index < -0.39 is 0 Å². The molecule has 0 aliphatic carbocycles. The number of methoxy groups -OCH3 is 1. The molecule has 23 heavy (non-hydrogen) atoms. The Balaban J connectivity index is 1.94. The third kappa shape index (κ3) is 4.94. The minimum atomic E-state index is -0.375. The molecule has 1 aromatic rings. The summed E-state index contributed by atoms with van der Waals surface area (Å²) in [4.78, 5) is 11.2. The highest BCUT2D eigenvalue weighted by Crippen LogP contribution is 2.25. The lowest BCUT2D eigenvalue weighted by Crippen LogP contribution is -2.36. The zero-order valence-corrected chi connectivity index (χ0v) is 14.5. The Morgan fingerprint density at radius 3 is 2.65 bits per heavy atom. The van der Waals surface area contributed by atoms with Crippen molar-refractivity contribution in [3.8, 4) is 5.75 Å². The van der Waals surface area contributed by atoms with Crippen molar-refractivity contribution in [2.24, 2.45) is 0 Å². The standard InChI is InChI=1S/C18H27NO4/c1-12-8-15(10-19-14(3)16-6-5-7-22-16)9-13(2)18(12)23-11-17(20)21-4/h8-9,14,16,19H,5-7,10-11H2,1-4H3. The zero-order chi connectivity index (χ0) is 16.8. The Morgan fingerprint density at radius 1 is 1.39 bits per heavy atom. The van der Waals surface area contributed by atoms with Gasteiger partial charge in [0.25, 0.3) is 0 Å². The van der Waals surface area contributed by atoms with E-state index in [-0.39, 0.29) is 12.6 Å². The summed E-state index contributed by atoms with van der Waals surface area (Å²) in [6.07, 6.45) is 2.60. The number of benzene rings is 1. The summed E-state index contributed by atoms with van der Waals surface area (Å²) in [6, 6.07) is 4.53. The molecule has 1 fully saturated rings. The van der Waals surface area contributed by atoms with Crippen LogP contribution in [0.25, 0.3) is 0 Å². The zero-order valence-electron chi connectivity index (χ0n) is 14.5. The van der Waals surface area contributed by atoms with E-state index in [4.69, 9.17) is 9.47 Å². The van der Waals surface area contributed by atoms with E-state index in [1.807, 2.05) is 13.8 Å². The summed E-state index contributed by atoms with van der Waals surface area (Å²) in [5.41, 5.74) is 3.25. The molecule has 1 heterocycles. The molecule has 5 heteroatoms. The maximum Gasteiger partial charge on any atom is 0.343 e. The predicted octanol–water partition coefficient (Wildman–Crippen LogP) is 2.51. The van der Waals surface area contributed by atoms with Gasteiger partial charge in [-0.2, -0.15) is 0 Å². The SMILES string of the molecule is COC(=O)COc1c(C)cc(CNC(C)C2CCCO2)cc1C. The number of hydrogen-bond donors (Lipinski definition) is 1. The smallest absolute Gasteiger partial charge is 0.343 e. The number of aryl methyl sites for hydroxylation is 2. The van der Waals surface area contributed by atoms with Gasteiger partial charge >= 0.3 is 5.97 Å². The second kappa shape index (κ2) is 8.31. The number of ether oxygens (including phenoxy) is 3. The highest BCUT2D eigenvalue weighted by Gasteiger charge is 2.21. The highest BCUT2D eigenvalue weighted by molar-refractivity contribution is 5.71. The van der Waals surface area contributed by atoms with Gasteiger partial charge in [-0.1, -0.05) is 12.1 Å². The van der Waals surface area contributed by atoms with E-state index >= 15 is 0 Å². The summed E-state index contributed by atoms with van der Waals surface area (Å²) in [7, 11) is 1.36. The van der Waals surface area contributed by atoms with Crippen LogP contribution < -0.4 is 10.1 Å². The van der Waals surface area contributed by atoms with Crippen LogP contribution in [0, 0.1) is 13.8 Å². The molecule has 0 radical (unpaired) electrons. The summed E-state index contributed by atoms with van der Waals surface area (Å²) in [5.74, 6) is 0.381. The maximum absolute atomic E-state index is 11.2. The molecule has 1 aliphatic rings. The average Bonchev–Trinajstić information content (AvgIpc) is 3.06. The first-order chi connectivity index (χ1) is 11.0. The number of carbonyl (C=O) groups excluding carboxylic acids is 1. The van der Waals surface area contributed by atoms with Crippen LogP contribution in [0.5, 0.6) is 5.75 Å². The molecular formula is C18H27NO4. The van der Waals surface area contributed by atoms with Crippen molar-refractivity contribution >= 4 is 5.97 Å². The Hall–Kier alpha value is -1.59. The fourth-order valence-electron chi connectivity index (χ4n) is 2.97. The fraction of sp³-hybridized carbons (Fsp3) is 0.611. The van der Waals surface area contributed by atoms with E-state index in [0.29, 0.717) is 12.1 Å². The number of rotatable bonds is 7. The lowest BCUT2D eigenvalue weighted by atomic mass is 10.0. The quantitative estimate of drug-likeness (QED) is 0.782. The molecule has 1 aliphatic heterocycles.